The number of ether oxygens (including phenoxy) is 1. The zero-order chi connectivity index (χ0) is 25.4. The van der Waals surface area contributed by atoms with Crippen LogP contribution < -0.4 is 10.2 Å². The maximum absolute atomic E-state index is 13.7. The molecule has 0 amide bonds. The SMILES string of the molecule is O=c1c(-c2ccc(O)cc2)c(OCc2nc(-c3cc(F)cc(C(F)(F)F)c3)no2)oc2ccccc12. The van der Waals surface area contributed by atoms with Crippen molar-refractivity contribution < 1.29 is 36.3 Å². The number of fused-ring (bicyclic) bond motifs is 1. The molecule has 2 heterocycles. The number of rotatable bonds is 5. The van der Waals surface area contributed by atoms with Crippen LogP contribution in [0.3, 0.4) is 0 Å². The van der Waals surface area contributed by atoms with E-state index in [4.69, 9.17) is 13.7 Å². The number of phenolic OH excluding ortho intramolecular Hbond substituents is 1. The molecule has 0 atom stereocenters. The zero-order valence-electron chi connectivity index (χ0n) is 18.0. The van der Waals surface area contributed by atoms with Gasteiger partial charge in [-0.25, -0.2) is 4.39 Å². The summed E-state index contributed by atoms with van der Waals surface area (Å²) in [6, 6.07) is 14.2. The van der Waals surface area contributed by atoms with Crippen LogP contribution in [-0.2, 0) is 12.8 Å². The number of alkyl halides is 3. The topological polar surface area (TPSA) is 98.6 Å². The average Bonchev–Trinajstić information content (AvgIpc) is 3.32. The van der Waals surface area contributed by atoms with Crippen molar-refractivity contribution in [3.05, 3.63) is 94.2 Å². The first-order valence-corrected chi connectivity index (χ1v) is 10.4. The van der Waals surface area contributed by atoms with Gasteiger partial charge in [0, 0.05) is 5.56 Å². The molecule has 1 N–H and O–H groups in total. The molecular formula is C25H14F4N2O5. The van der Waals surface area contributed by atoms with Crippen molar-refractivity contribution in [3.63, 3.8) is 0 Å². The Morgan fingerprint density at radius 2 is 1.72 bits per heavy atom. The number of benzene rings is 3. The van der Waals surface area contributed by atoms with Gasteiger partial charge in [-0.2, -0.15) is 18.2 Å². The number of nitrogens with zero attached hydrogens (tertiary/aromatic N) is 2. The lowest BCUT2D eigenvalue weighted by molar-refractivity contribution is -0.137. The molecule has 36 heavy (non-hydrogen) atoms. The first-order chi connectivity index (χ1) is 17.2. The first kappa shape index (κ1) is 23.1. The van der Waals surface area contributed by atoms with Gasteiger partial charge in [0.25, 0.3) is 11.8 Å². The fraction of sp³-hybridized carbons (Fsp3) is 0.0800. The van der Waals surface area contributed by atoms with Crippen LogP contribution in [0.1, 0.15) is 11.5 Å². The van der Waals surface area contributed by atoms with Crippen LogP contribution in [0.4, 0.5) is 17.6 Å². The van der Waals surface area contributed by atoms with Crippen molar-refractivity contribution in [2.45, 2.75) is 12.8 Å². The largest absolute Gasteiger partial charge is 0.508 e. The minimum Gasteiger partial charge on any atom is -0.508 e. The molecule has 2 aromatic heterocycles. The van der Waals surface area contributed by atoms with Crippen LogP contribution in [0.5, 0.6) is 11.7 Å². The van der Waals surface area contributed by atoms with E-state index < -0.39 is 24.2 Å². The van der Waals surface area contributed by atoms with Crippen molar-refractivity contribution in [1.29, 1.82) is 0 Å². The Balaban J connectivity index is 1.48. The van der Waals surface area contributed by atoms with Crippen LogP contribution in [0.15, 0.2) is 80.5 Å². The summed E-state index contributed by atoms with van der Waals surface area (Å²) >= 11 is 0. The lowest BCUT2D eigenvalue weighted by atomic mass is 10.0. The average molecular weight is 498 g/mol. The van der Waals surface area contributed by atoms with Crippen molar-refractivity contribution in [3.8, 4) is 34.2 Å². The number of hydrogen-bond donors (Lipinski definition) is 1. The van der Waals surface area contributed by atoms with Gasteiger partial charge in [-0.1, -0.05) is 29.4 Å². The molecule has 0 saturated heterocycles. The highest BCUT2D eigenvalue weighted by molar-refractivity contribution is 5.84. The van der Waals surface area contributed by atoms with Gasteiger partial charge in [-0.15, -0.1) is 0 Å². The van der Waals surface area contributed by atoms with Crippen LogP contribution in [-0.4, -0.2) is 15.2 Å². The molecule has 0 radical (unpaired) electrons. The molecule has 0 aliphatic rings. The van der Waals surface area contributed by atoms with Gasteiger partial charge in [-0.05, 0) is 48.0 Å². The van der Waals surface area contributed by atoms with E-state index in [-0.39, 0.29) is 45.5 Å². The molecule has 0 spiro atoms. The highest BCUT2D eigenvalue weighted by Gasteiger charge is 2.32. The Morgan fingerprint density at radius 1 is 0.972 bits per heavy atom. The zero-order valence-corrected chi connectivity index (χ0v) is 18.0. The van der Waals surface area contributed by atoms with Crippen molar-refractivity contribution >= 4 is 11.0 Å². The number of aromatic nitrogens is 2. The second kappa shape index (κ2) is 8.84. The Labute approximate surface area is 199 Å². The van der Waals surface area contributed by atoms with Gasteiger partial charge in [0.1, 0.15) is 22.7 Å². The molecule has 11 heteroatoms. The third-order valence-electron chi connectivity index (χ3n) is 5.20. The number of hydrogen-bond acceptors (Lipinski definition) is 7. The molecule has 182 valence electrons. The van der Waals surface area contributed by atoms with Gasteiger partial charge in [0.2, 0.25) is 11.3 Å². The fourth-order valence-electron chi connectivity index (χ4n) is 3.54. The highest BCUT2D eigenvalue weighted by atomic mass is 19.4. The normalized spacial score (nSPS) is 11.7. The summed E-state index contributed by atoms with van der Waals surface area (Å²) in [6.45, 7) is -0.402. The molecule has 0 fully saturated rings. The molecule has 5 aromatic rings. The lowest BCUT2D eigenvalue weighted by Gasteiger charge is -2.10. The predicted octanol–water partition coefficient (Wildman–Crippen LogP) is 5.95. The molecular weight excluding hydrogens is 484 g/mol. The monoisotopic (exact) mass is 498 g/mol. The molecule has 7 nitrogen and oxygen atoms in total. The van der Waals surface area contributed by atoms with E-state index in [1.807, 2.05) is 0 Å². The Morgan fingerprint density at radius 3 is 2.47 bits per heavy atom. The standard InChI is InChI=1S/C25H14F4N2O5/c26-16-10-14(9-15(11-16)25(27,28)29)23-30-20(36-31-23)12-34-24-21(13-5-7-17(32)8-6-13)22(33)18-3-1-2-4-19(18)35-24/h1-11,32H,12H2. The van der Waals surface area contributed by atoms with Crippen LogP contribution >= 0.6 is 0 Å². The summed E-state index contributed by atoms with van der Waals surface area (Å²) < 4.78 is 69.3. The summed E-state index contributed by atoms with van der Waals surface area (Å²) in [7, 11) is 0. The quantitative estimate of drug-likeness (QED) is 0.299. The minimum atomic E-state index is -4.76. The van der Waals surface area contributed by atoms with Crippen LogP contribution in [0, 0.1) is 5.82 Å². The number of para-hydroxylation sites is 1. The van der Waals surface area contributed by atoms with Crippen molar-refractivity contribution in [1.82, 2.24) is 10.1 Å². The van der Waals surface area contributed by atoms with E-state index in [0.717, 1.165) is 6.07 Å². The third kappa shape index (κ3) is 4.50. The van der Waals surface area contributed by atoms with Gasteiger partial charge in [-0.3, -0.25) is 4.79 Å². The smallest absolute Gasteiger partial charge is 0.416 e. The van der Waals surface area contributed by atoms with E-state index in [1.54, 1.807) is 24.3 Å². The molecule has 0 bridgehead atoms. The van der Waals surface area contributed by atoms with Crippen LogP contribution in [0.2, 0.25) is 0 Å². The predicted molar refractivity (Wildman–Crippen MR) is 119 cm³/mol. The molecule has 0 aliphatic heterocycles. The fourth-order valence-corrected chi connectivity index (χ4v) is 3.54. The first-order valence-electron chi connectivity index (χ1n) is 10.4. The second-order valence-corrected chi connectivity index (χ2v) is 7.66. The number of phenols is 1. The van der Waals surface area contributed by atoms with Crippen LogP contribution in [0.25, 0.3) is 33.5 Å². The molecule has 0 saturated carbocycles. The lowest BCUT2D eigenvalue weighted by Crippen LogP contribution is -2.09. The maximum atomic E-state index is 13.7. The number of aromatic hydroxyl groups is 1. The summed E-state index contributed by atoms with van der Waals surface area (Å²) in [5.41, 5.74) is -1.08. The Hall–Kier alpha value is -4.67. The van der Waals surface area contributed by atoms with Gasteiger partial charge in [0.05, 0.1) is 10.9 Å². The molecule has 0 aliphatic carbocycles. The van der Waals surface area contributed by atoms with Crippen molar-refractivity contribution in [2.24, 2.45) is 0 Å². The third-order valence-corrected chi connectivity index (χ3v) is 5.20. The minimum absolute atomic E-state index is 0.00388. The van der Waals surface area contributed by atoms with Gasteiger partial charge in [0.15, 0.2) is 6.61 Å². The Kier molecular flexibility index (Phi) is 5.67. The van der Waals surface area contributed by atoms with E-state index in [0.29, 0.717) is 23.1 Å². The molecule has 3 aromatic carbocycles. The summed E-state index contributed by atoms with van der Waals surface area (Å²) in [5, 5.41) is 13.5. The van der Waals surface area contributed by atoms with E-state index in [1.165, 1.54) is 24.3 Å². The summed E-state index contributed by atoms with van der Waals surface area (Å²) in [5.74, 6) is -1.73. The van der Waals surface area contributed by atoms with E-state index in [9.17, 15) is 27.5 Å². The van der Waals surface area contributed by atoms with Crippen molar-refractivity contribution in [2.75, 3.05) is 0 Å². The van der Waals surface area contributed by atoms with Gasteiger partial charge < -0.3 is 18.8 Å². The summed E-state index contributed by atoms with van der Waals surface area (Å²) in [4.78, 5) is 17.2. The molecule has 5 rings (SSSR count). The highest BCUT2D eigenvalue weighted by Crippen LogP contribution is 2.34. The van der Waals surface area contributed by atoms with E-state index in [2.05, 4.69) is 10.1 Å². The number of halogens is 4. The van der Waals surface area contributed by atoms with E-state index >= 15 is 0 Å². The Bertz CT molecular complexity index is 1620. The second-order valence-electron chi connectivity index (χ2n) is 7.66. The summed E-state index contributed by atoms with van der Waals surface area (Å²) in [6.07, 6.45) is -4.76. The maximum Gasteiger partial charge on any atom is 0.416 e. The van der Waals surface area contributed by atoms with Gasteiger partial charge >= 0.3 is 6.18 Å². The molecule has 0 unspecified atom stereocenters.